The summed E-state index contributed by atoms with van der Waals surface area (Å²) in [5.74, 6) is -0.855. The second-order valence-corrected chi connectivity index (χ2v) is 8.18. The molecule has 0 radical (unpaired) electrons. The Bertz CT molecular complexity index is 1490. The minimum atomic E-state index is -3.77. The fourth-order valence-electron chi connectivity index (χ4n) is 3.71. The standard InChI is InChI=1S/C23H16ClF2N3O5/c1-12-7-13(9-14(24)8-12)20-21-16(5-6-32-21)22(31)29(27-20)11-19(30)28(2)15-3-4-17-18(10-15)34-23(25,26)33-17/h3-10H,11H2,1-2H3. The second kappa shape index (κ2) is 7.84. The third-order valence-electron chi connectivity index (χ3n) is 5.31. The normalized spacial score (nSPS) is 13.9. The Morgan fingerprint density at radius 2 is 1.91 bits per heavy atom. The van der Waals surface area contributed by atoms with Gasteiger partial charge in [0.1, 0.15) is 12.2 Å². The van der Waals surface area contributed by atoms with E-state index in [1.54, 1.807) is 12.1 Å². The zero-order valence-corrected chi connectivity index (χ0v) is 18.6. The Morgan fingerprint density at radius 3 is 2.68 bits per heavy atom. The van der Waals surface area contributed by atoms with Crippen LogP contribution in [0.1, 0.15) is 5.56 Å². The quantitative estimate of drug-likeness (QED) is 0.418. The van der Waals surface area contributed by atoms with Crippen LogP contribution < -0.4 is 19.9 Å². The molecular weight excluding hydrogens is 472 g/mol. The number of nitrogens with zero attached hydrogens (tertiary/aromatic N) is 3. The number of hydrogen-bond donors (Lipinski definition) is 0. The van der Waals surface area contributed by atoms with Crippen LogP contribution in [0.5, 0.6) is 11.5 Å². The molecule has 5 rings (SSSR count). The Labute approximate surface area is 195 Å². The van der Waals surface area contributed by atoms with Crippen LogP contribution in [0.2, 0.25) is 5.02 Å². The van der Waals surface area contributed by atoms with Gasteiger partial charge in [0.05, 0.1) is 11.6 Å². The molecule has 4 aromatic rings. The number of fused-ring (bicyclic) bond motifs is 2. The highest BCUT2D eigenvalue weighted by atomic mass is 35.5. The molecule has 3 heterocycles. The molecule has 8 nitrogen and oxygen atoms in total. The molecule has 2 aromatic carbocycles. The van der Waals surface area contributed by atoms with E-state index in [0.717, 1.165) is 10.2 Å². The summed E-state index contributed by atoms with van der Waals surface area (Å²) in [4.78, 5) is 27.1. The van der Waals surface area contributed by atoms with Gasteiger partial charge in [-0.05, 0) is 48.9 Å². The molecule has 0 aliphatic carbocycles. The van der Waals surface area contributed by atoms with E-state index >= 15 is 0 Å². The average Bonchev–Trinajstić information content (AvgIpc) is 3.37. The Hall–Kier alpha value is -3.92. The van der Waals surface area contributed by atoms with E-state index in [-0.39, 0.29) is 28.2 Å². The highest BCUT2D eigenvalue weighted by Gasteiger charge is 2.43. The number of alkyl halides is 2. The van der Waals surface area contributed by atoms with Crippen LogP contribution >= 0.6 is 11.6 Å². The maximum Gasteiger partial charge on any atom is 0.586 e. The Kier molecular flexibility index (Phi) is 5.05. The van der Waals surface area contributed by atoms with E-state index in [9.17, 15) is 18.4 Å². The minimum absolute atomic E-state index is 0.139. The van der Waals surface area contributed by atoms with Gasteiger partial charge < -0.3 is 18.8 Å². The molecule has 0 fully saturated rings. The van der Waals surface area contributed by atoms with Gasteiger partial charge in [-0.25, -0.2) is 4.68 Å². The first-order chi connectivity index (χ1) is 16.1. The summed E-state index contributed by atoms with van der Waals surface area (Å²) in [5, 5.41) is 5.12. The fourth-order valence-corrected chi connectivity index (χ4v) is 3.99. The third-order valence-corrected chi connectivity index (χ3v) is 5.53. The van der Waals surface area contributed by atoms with Crippen molar-refractivity contribution < 1.29 is 27.5 Å². The van der Waals surface area contributed by atoms with Gasteiger partial charge in [-0.15, -0.1) is 8.78 Å². The lowest BCUT2D eigenvalue weighted by molar-refractivity contribution is -0.286. The van der Waals surface area contributed by atoms with Crippen LogP contribution in [0.25, 0.3) is 22.2 Å². The molecule has 0 saturated carbocycles. The lowest BCUT2D eigenvalue weighted by Gasteiger charge is -2.18. The maximum absolute atomic E-state index is 13.3. The van der Waals surface area contributed by atoms with E-state index in [1.165, 1.54) is 42.5 Å². The van der Waals surface area contributed by atoms with Crippen LogP contribution in [0, 0.1) is 6.92 Å². The molecule has 1 amide bonds. The third kappa shape index (κ3) is 3.86. The van der Waals surface area contributed by atoms with Gasteiger partial charge in [0, 0.05) is 29.4 Å². The van der Waals surface area contributed by atoms with Gasteiger partial charge in [0.25, 0.3) is 5.56 Å². The molecule has 0 saturated heterocycles. The van der Waals surface area contributed by atoms with Gasteiger partial charge in [0.15, 0.2) is 17.1 Å². The number of amides is 1. The van der Waals surface area contributed by atoms with Crippen molar-refractivity contribution in [3.05, 3.63) is 69.7 Å². The zero-order valence-electron chi connectivity index (χ0n) is 17.8. The van der Waals surface area contributed by atoms with Crippen molar-refractivity contribution in [2.45, 2.75) is 19.8 Å². The summed E-state index contributed by atoms with van der Waals surface area (Å²) in [5.41, 5.74) is 1.89. The fraction of sp³-hybridized carbons (Fsp3) is 0.174. The highest BCUT2D eigenvalue weighted by molar-refractivity contribution is 6.31. The number of halogens is 3. The Balaban J connectivity index is 1.49. The SMILES string of the molecule is Cc1cc(Cl)cc(-c2nn(CC(=O)N(C)c3ccc4c(c3)OC(F)(F)O4)c(=O)c3ccoc23)c1. The first-order valence-corrected chi connectivity index (χ1v) is 10.4. The number of ether oxygens (including phenoxy) is 2. The van der Waals surface area contributed by atoms with Crippen molar-refractivity contribution in [1.82, 2.24) is 9.78 Å². The summed E-state index contributed by atoms with van der Waals surface area (Å²) in [6.45, 7) is 1.46. The largest absolute Gasteiger partial charge is 0.586 e. The number of anilines is 1. The molecule has 0 atom stereocenters. The monoisotopic (exact) mass is 487 g/mol. The van der Waals surface area contributed by atoms with E-state index in [1.807, 2.05) is 13.0 Å². The summed E-state index contributed by atoms with van der Waals surface area (Å²) in [7, 11) is 1.45. The van der Waals surface area contributed by atoms with Crippen molar-refractivity contribution in [3.63, 3.8) is 0 Å². The van der Waals surface area contributed by atoms with Crippen molar-refractivity contribution in [2.75, 3.05) is 11.9 Å². The van der Waals surface area contributed by atoms with Crippen molar-refractivity contribution in [3.8, 4) is 22.8 Å². The molecule has 2 aromatic heterocycles. The lowest BCUT2D eigenvalue weighted by Crippen LogP contribution is -2.35. The predicted molar refractivity (Wildman–Crippen MR) is 120 cm³/mol. The van der Waals surface area contributed by atoms with E-state index in [2.05, 4.69) is 14.6 Å². The average molecular weight is 488 g/mol. The first kappa shape index (κ1) is 21.9. The lowest BCUT2D eigenvalue weighted by atomic mass is 10.1. The number of carbonyl (C=O) groups excluding carboxylic acids is 1. The highest BCUT2D eigenvalue weighted by Crippen LogP contribution is 2.42. The number of carbonyl (C=O) groups is 1. The molecule has 0 N–H and O–H groups in total. The van der Waals surface area contributed by atoms with Gasteiger partial charge in [0.2, 0.25) is 5.91 Å². The van der Waals surface area contributed by atoms with Gasteiger partial charge >= 0.3 is 6.29 Å². The number of benzene rings is 2. The number of likely N-dealkylation sites (N-methyl/N-ethyl adjacent to an activating group) is 1. The molecule has 0 unspecified atom stereocenters. The number of aryl methyl sites for hydroxylation is 1. The minimum Gasteiger partial charge on any atom is -0.462 e. The predicted octanol–water partition coefficient (Wildman–Crippen LogP) is 4.60. The number of rotatable bonds is 4. The van der Waals surface area contributed by atoms with Crippen LogP contribution in [0.15, 0.2) is 57.9 Å². The molecule has 174 valence electrons. The molecule has 11 heteroatoms. The smallest absolute Gasteiger partial charge is 0.462 e. The topological polar surface area (TPSA) is 86.8 Å². The number of aromatic nitrogens is 2. The van der Waals surface area contributed by atoms with E-state index in [4.69, 9.17) is 16.0 Å². The summed E-state index contributed by atoms with van der Waals surface area (Å²) in [6.07, 6.45) is -2.40. The number of furan rings is 1. The van der Waals surface area contributed by atoms with E-state index in [0.29, 0.717) is 16.3 Å². The maximum atomic E-state index is 13.3. The van der Waals surface area contributed by atoms with Crippen LogP contribution in [-0.2, 0) is 11.3 Å². The van der Waals surface area contributed by atoms with Gasteiger partial charge in [-0.2, -0.15) is 5.10 Å². The van der Waals surface area contributed by atoms with Crippen LogP contribution in [-0.4, -0.2) is 29.0 Å². The summed E-state index contributed by atoms with van der Waals surface area (Å²) >= 11 is 6.19. The van der Waals surface area contributed by atoms with Crippen molar-refractivity contribution in [2.24, 2.45) is 0 Å². The molecule has 1 aliphatic heterocycles. The van der Waals surface area contributed by atoms with Gasteiger partial charge in [-0.3, -0.25) is 9.59 Å². The van der Waals surface area contributed by atoms with Crippen molar-refractivity contribution in [1.29, 1.82) is 0 Å². The van der Waals surface area contributed by atoms with Crippen LogP contribution in [0.3, 0.4) is 0 Å². The Morgan fingerprint density at radius 1 is 1.15 bits per heavy atom. The van der Waals surface area contributed by atoms with Gasteiger partial charge in [-0.1, -0.05) is 11.6 Å². The van der Waals surface area contributed by atoms with Crippen LogP contribution in [0.4, 0.5) is 14.5 Å². The zero-order chi connectivity index (χ0) is 24.2. The number of hydrogen-bond acceptors (Lipinski definition) is 6. The van der Waals surface area contributed by atoms with E-state index < -0.39 is 24.3 Å². The first-order valence-electron chi connectivity index (χ1n) is 10.0. The molecule has 1 aliphatic rings. The summed E-state index contributed by atoms with van der Waals surface area (Å²) < 4.78 is 42.0. The second-order valence-electron chi connectivity index (χ2n) is 7.74. The molecule has 34 heavy (non-hydrogen) atoms. The molecule has 0 bridgehead atoms. The summed E-state index contributed by atoms with van der Waals surface area (Å²) in [6, 6.07) is 10.8. The molecular formula is C23H16ClF2N3O5. The van der Waals surface area contributed by atoms with Crippen molar-refractivity contribution >= 4 is 34.2 Å². The molecule has 0 spiro atoms.